The van der Waals surface area contributed by atoms with E-state index in [0.717, 1.165) is 5.56 Å². The monoisotopic (exact) mass is 233 g/mol. The van der Waals surface area contributed by atoms with Gasteiger partial charge in [0.15, 0.2) is 0 Å². The molecule has 0 amide bonds. The number of rotatable bonds is 5. The molecule has 0 spiro atoms. The van der Waals surface area contributed by atoms with Gasteiger partial charge < -0.3 is 15.0 Å². The molecule has 90 valence electrons. The van der Waals surface area contributed by atoms with E-state index in [9.17, 15) is 0 Å². The third-order valence-corrected chi connectivity index (χ3v) is 2.33. The van der Waals surface area contributed by atoms with Gasteiger partial charge in [0.1, 0.15) is 0 Å². The molecule has 5 heteroatoms. The van der Waals surface area contributed by atoms with Crippen molar-refractivity contribution in [1.29, 1.82) is 0 Å². The maximum absolute atomic E-state index is 5.84. The summed E-state index contributed by atoms with van der Waals surface area (Å²) >= 11 is 0. The highest BCUT2D eigenvalue weighted by atomic mass is 16.5. The van der Waals surface area contributed by atoms with Gasteiger partial charge in [-0.1, -0.05) is 17.3 Å². The van der Waals surface area contributed by atoms with Crippen LogP contribution in [0, 0.1) is 0 Å². The lowest BCUT2D eigenvalue weighted by Gasteiger charge is -1.98. The summed E-state index contributed by atoms with van der Waals surface area (Å²) in [6.07, 6.45) is 0.619. The zero-order valence-corrected chi connectivity index (χ0v) is 9.72. The summed E-state index contributed by atoms with van der Waals surface area (Å²) < 4.78 is 10.3. The van der Waals surface area contributed by atoms with E-state index in [1.807, 2.05) is 31.2 Å². The van der Waals surface area contributed by atoms with Crippen molar-refractivity contribution in [3.05, 3.63) is 30.2 Å². The van der Waals surface area contributed by atoms with E-state index in [2.05, 4.69) is 10.1 Å². The molecule has 0 saturated carbocycles. The third kappa shape index (κ3) is 2.82. The number of benzene rings is 1. The molecule has 0 saturated heterocycles. The Labute approximate surface area is 99.6 Å². The molecule has 2 N–H and O–H groups in total. The molecule has 2 aromatic rings. The molecule has 17 heavy (non-hydrogen) atoms. The van der Waals surface area contributed by atoms with Gasteiger partial charge >= 0.3 is 0 Å². The predicted molar refractivity (Wildman–Crippen MR) is 64.3 cm³/mol. The van der Waals surface area contributed by atoms with Crippen LogP contribution in [0.25, 0.3) is 11.4 Å². The second kappa shape index (κ2) is 5.45. The summed E-state index contributed by atoms with van der Waals surface area (Å²) in [5, 5.41) is 3.90. The van der Waals surface area contributed by atoms with Crippen LogP contribution < -0.4 is 5.73 Å². The first-order valence-electron chi connectivity index (χ1n) is 5.56. The zero-order valence-electron chi connectivity index (χ0n) is 9.72. The third-order valence-electron chi connectivity index (χ3n) is 2.33. The summed E-state index contributed by atoms with van der Waals surface area (Å²) in [6.45, 7) is 3.22. The second-order valence-corrected chi connectivity index (χ2v) is 3.55. The minimum Gasteiger partial charge on any atom is -0.398 e. The maximum atomic E-state index is 5.84. The predicted octanol–water partition coefficient (Wildman–Crippen LogP) is 1.90. The maximum Gasteiger partial charge on any atom is 0.229 e. The highest BCUT2D eigenvalue weighted by Gasteiger charge is 2.10. The Morgan fingerprint density at radius 1 is 1.35 bits per heavy atom. The lowest BCUT2D eigenvalue weighted by molar-refractivity contribution is 0.144. The number of hydrogen-bond donors (Lipinski definition) is 1. The number of para-hydroxylation sites is 1. The van der Waals surface area contributed by atoms with Gasteiger partial charge in [0.2, 0.25) is 11.7 Å². The van der Waals surface area contributed by atoms with E-state index < -0.39 is 0 Å². The Morgan fingerprint density at radius 3 is 2.94 bits per heavy atom. The van der Waals surface area contributed by atoms with Gasteiger partial charge in [0.25, 0.3) is 0 Å². The minimum absolute atomic E-state index is 0.523. The number of nitrogen functional groups attached to an aromatic ring is 1. The van der Waals surface area contributed by atoms with E-state index in [1.165, 1.54) is 0 Å². The van der Waals surface area contributed by atoms with Crippen molar-refractivity contribution in [1.82, 2.24) is 10.1 Å². The highest BCUT2D eigenvalue weighted by Crippen LogP contribution is 2.22. The van der Waals surface area contributed by atoms with Crippen molar-refractivity contribution in [3.8, 4) is 11.4 Å². The van der Waals surface area contributed by atoms with Gasteiger partial charge in [0.05, 0.1) is 13.0 Å². The van der Waals surface area contributed by atoms with Crippen LogP contribution in [-0.4, -0.2) is 23.4 Å². The molecular weight excluding hydrogens is 218 g/mol. The van der Waals surface area contributed by atoms with Crippen LogP contribution in [0.1, 0.15) is 12.8 Å². The lowest BCUT2D eigenvalue weighted by Crippen LogP contribution is -1.98. The molecule has 1 heterocycles. The van der Waals surface area contributed by atoms with Crippen molar-refractivity contribution in [3.63, 3.8) is 0 Å². The average molecular weight is 233 g/mol. The molecule has 0 fully saturated rings. The van der Waals surface area contributed by atoms with Gasteiger partial charge in [-0.3, -0.25) is 0 Å². The van der Waals surface area contributed by atoms with Gasteiger partial charge in [-0.15, -0.1) is 0 Å². The van der Waals surface area contributed by atoms with E-state index in [4.69, 9.17) is 15.0 Å². The van der Waals surface area contributed by atoms with Crippen LogP contribution in [0.15, 0.2) is 28.8 Å². The SMILES string of the molecule is CCOCCc1nc(-c2ccccc2N)no1. The molecule has 2 rings (SSSR count). The summed E-state index contributed by atoms with van der Waals surface area (Å²) in [7, 11) is 0. The second-order valence-electron chi connectivity index (χ2n) is 3.55. The molecule has 5 nitrogen and oxygen atoms in total. The summed E-state index contributed by atoms with van der Waals surface area (Å²) in [6, 6.07) is 7.44. The van der Waals surface area contributed by atoms with Crippen LogP contribution in [0.2, 0.25) is 0 Å². The molecular formula is C12H15N3O2. The smallest absolute Gasteiger partial charge is 0.229 e. The summed E-state index contributed by atoms with van der Waals surface area (Å²) in [4.78, 5) is 4.28. The standard InChI is InChI=1S/C12H15N3O2/c1-2-16-8-7-11-14-12(15-17-11)9-5-3-4-6-10(9)13/h3-6H,2,7-8,13H2,1H3. The van der Waals surface area contributed by atoms with Gasteiger partial charge in [-0.25, -0.2) is 0 Å². The average Bonchev–Trinajstić information content (AvgIpc) is 2.79. The van der Waals surface area contributed by atoms with Crippen molar-refractivity contribution < 1.29 is 9.26 Å². The van der Waals surface area contributed by atoms with Gasteiger partial charge in [-0.05, 0) is 19.1 Å². The topological polar surface area (TPSA) is 74.2 Å². The van der Waals surface area contributed by atoms with E-state index >= 15 is 0 Å². The zero-order chi connectivity index (χ0) is 12.1. The molecule has 0 radical (unpaired) electrons. The van der Waals surface area contributed by atoms with E-state index in [1.54, 1.807) is 0 Å². The molecule has 0 aliphatic carbocycles. The lowest BCUT2D eigenvalue weighted by atomic mass is 10.2. The fourth-order valence-electron chi connectivity index (χ4n) is 1.47. The van der Waals surface area contributed by atoms with Crippen LogP contribution in [0.4, 0.5) is 5.69 Å². The van der Waals surface area contributed by atoms with Crippen LogP contribution in [0.5, 0.6) is 0 Å². The number of aromatic nitrogens is 2. The number of anilines is 1. The highest BCUT2D eigenvalue weighted by molar-refractivity contribution is 5.70. The Balaban J connectivity index is 2.10. The molecule has 0 unspecified atom stereocenters. The largest absolute Gasteiger partial charge is 0.398 e. The number of ether oxygens (including phenoxy) is 1. The first-order chi connectivity index (χ1) is 8.31. The van der Waals surface area contributed by atoms with Crippen molar-refractivity contribution >= 4 is 5.69 Å². The Hall–Kier alpha value is -1.88. The Morgan fingerprint density at radius 2 is 2.18 bits per heavy atom. The van der Waals surface area contributed by atoms with Crippen molar-refractivity contribution in [2.45, 2.75) is 13.3 Å². The first kappa shape index (κ1) is 11.6. The summed E-state index contributed by atoms with van der Waals surface area (Å²) in [5.74, 6) is 1.09. The normalized spacial score (nSPS) is 10.6. The Bertz CT molecular complexity index is 482. The van der Waals surface area contributed by atoms with Crippen LogP contribution in [-0.2, 0) is 11.2 Å². The van der Waals surface area contributed by atoms with Crippen LogP contribution in [0.3, 0.4) is 0 Å². The molecule has 0 atom stereocenters. The van der Waals surface area contributed by atoms with Crippen LogP contribution >= 0.6 is 0 Å². The van der Waals surface area contributed by atoms with Crippen molar-refractivity contribution in [2.24, 2.45) is 0 Å². The first-order valence-corrected chi connectivity index (χ1v) is 5.56. The molecule has 0 bridgehead atoms. The molecule has 1 aromatic carbocycles. The number of nitrogens with two attached hydrogens (primary N) is 1. The quantitative estimate of drug-likeness (QED) is 0.630. The fourth-order valence-corrected chi connectivity index (χ4v) is 1.47. The molecule has 0 aliphatic heterocycles. The molecule has 1 aromatic heterocycles. The van der Waals surface area contributed by atoms with Gasteiger partial charge in [-0.2, -0.15) is 4.98 Å². The molecule has 0 aliphatic rings. The summed E-state index contributed by atoms with van der Waals surface area (Å²) in [5.41, 5.74) is 7.27. The number of hydrogen-bond acceptors (Lipinski definition) is 5. The fraction of sp³-hybridized carbons (Fsp3) is 0.333. The van der Waals surface area contributed by atoms with Gasteiger partial charge in [0, 0.05) is 17.9 Å². The Kier molecular flexibility index (Phi) is 3.72. The minimum atomic E-state index is 0.523. The van der Waals surface area contributed by atoms with E-state index in [0.29, 0.717) is 37.0 Å². The number of nitrogens with zero attached hydrogens (tertiary/aromatic N) is 2. The van der Waals surface area contributed by atoms with E-state index in [-0.39, 0.29) is 0 Å². The van der Waals surface area contributed by atoms with Crippen molar-refractivity contribution in [2.75, 3.05) is 18.9 Å².